The van der Waals surface area contributed by atoms with E-state index >= 15 is 0 Å². The van der Waals surface area contributed by atoms with Gasteiger partial charge in [0.05, 0.1) is 0 Å². The normalized spacial score (nSPS) is 13.1. The summed E-state index contributed by atoms with van der Waals surface area (Å²) in [5, 5.41) is 3.42. The Kier molecular flexibility index (Phi) is 8.58. The van der Waals surface area contributed by atoms with Crippen LogP contribution in [0.2, 0.25) is 0 Å². The average Bonchev–Trinajstić information content (AvgIpc) is 2.45. The van der Waals surface area contributed by atoms with E-state index in [1.807, 2.05) is 0 Å². The number of benzene rings is 1. The molecule has 1 rings (SSSR count). The minimum atomic E-state index is 0.576. The molecular formula is C18H33N3. The highest BCUT2D eigenvalue weighted by Crippen LogP contribution is 2.14. The Labute approximate surface area is 131 Å². The molecule has 1 aromatic carbocycles. The molecular weight excluding hydrogens is 258 g/mol. The van der Waals surface area contributed by atoms with E-state index in [1.54, 1.807) is 0 Å². The van der Waals surface area contributed by atoms with Gasteiger partial charge in [-0.05, 0) is 58.2 Å². The molecule has 0 saturated heterocycles. The Morgan fingerprint density at radius 3 is 2.33 bits per heavy atom. The van der Waals surface area contributed by atoms with Gasteiger partial charge in [-0.2, -0.15) is 0 Å². The Balaban J connectivity index is 2.70. The van der Waals surface area contributed by atoms with Crippen LogP contribution in [0.15, 0.2) is 24.3 Å². The van der Waals surface area contributed by atoms with E-state index in [0.717, 1.165) is 39.1 Å². The second-order valence-corrected chi connectivity index (χ2v) is 6.05. The van der Waals surface area contributed by atoms with Gasteiger partial charge in [0.25, 0.3) is 0 Å². The molecule has 1 aromatic rings. The van der Waals surface area contributed by atoms with Crippen LogP contribution >= 0.6 is 0 Å². The second-order valence-electron chi connectivity index (χ2n) is 6.05. The van der Waals surface area contributed by atoms with Crippen LogP contribution in [0.1, 0.15) is 31.9 Å². The van der Waals surface area contributed by atoms with Crippen LogP contribution in [-0.4, -0.2) is 56.1 Å². The molecule has 0 aromatic heterocycles. The highest BCUT2D eigenvalue weighted by atomic mass is 15.2. The standard InChI is InChI=1S/C18H33N3/c1-6-19-13-12-17-10-8-9-11-18(17)15-21(7-2)16(3)14-20(4)5/h8-11,16,19H,6-7,12-15H2,1-5H3. The molecule has 0 heterocycles. The molecule has 1 atom stereocenters. The largest absolute Gasteiger partial charge is 0.317 e. The van der Waals surface area contributed by atoms with Crippen molar-refractivity contribution in [3.05, 3.63) is 35.4 Å². The summed E-state index contributed by atoms with van der Waals surface area (Å²) < 4.78 is 0. The van der Waals surface area contributed by atoms with Crippen LogP contribution in [0.4, 0.5) is 0 Å². The summed E-state index contributed by atoms with van der Waals surface area (Å²) in [6, 6.07) is 9.46. The monoisotopic (exact) mass is 291 g/mol. The lowest BCUT2D eigenvalue weighted by molar-refractivity contribution is 0.174. The number of hydrogen-bond donors (Lipinski definition) is 1. The van der Waals surface area contributed by atoms with Crippen molar-refractivity contribution >= 4 is 0 Å². The van der Waals surface area contributed by atoms with Crippen molar-refractivity contribution in [1.29, 1.82) is 0 Å². The number of nitrogens with zero attached hydrogens (tertiary/aromatic N) is 2. The van der Waals surface area contributed by atoms with Crippen molar-refractivity contribution in [1.82, 2.24) is 15.1 Å². The third kappa shape index (κ3) is 6.60. The maximum atomic E-state index is 3.42. The summed E-state index contributed by atoms with van der Waals surface area (Å²) in [7, 11) is 4.30. The van der Waals surface area contributed by atoms with Crippen LogP contribution in [0.3, 0.4) is 0 Å². The first-order chi connectivity index (χ1) is 10.1. The van der Waals surface area contributed by atoms with E-state index in [1.165, 1.54) is 11.1 Å². The molecule has 0 aliphatic rings. The lowest BCUT2D eigenvalue weighted by Gasteiger charge is -2.30. The maximum Gasteiger partial charge on any atom is 0.0239 e. The molecule has 120 valence electrons. The first kappa shape index (κ1) is 18.1. The van der Waals surface area contributed by atoms with Gasteiger partial charge in [0.1, 0.15) is 0 Å². The molecule has 1 unspecified atom stereocenters. The molecule has 3 nitrogen and oxygen atoms in total. The summed E-state index contributed by atoms with van der Waals surface area (Å²) in [5.41, 5.74) is 2.96. The van der Waals surface area contributed by atoms with Crippen molar-refractivity contribution < 1.29 is 0 Å². The van der Waals surface area contributed by atoms with Crippen molar-refractivity contribution in [2.75, 3.05) is 40.3 Å². The second kappa shape index (κ2) is 9.93. The Morgan fingerprint density at radius 1 is 1.10 bits per heavy atom. The lowest BCUT2D eigenvalue weighted by Crippen LogP contribution is -2.39. The van der Waals surface area contributed by atoms with Gasteiger partial charge in [-0.15, -0.1) is 0 Å². The molecule has 0 saturated carbocycles. The van der Waals surface area contributed by atoms with E-state index < -0.39 is 0 Å². The van der Waals surface area contributed by atoms with Gasteiger partial charge >= 0.3 is 0 Å². The first-order valence-corrected chi connectivity index (χ1v) is 8.24. The molecule has 0 aliphatic heterocycles. The summed E-state index contributed by atoms with van der Waals surface area (Å²) in [6.07, 6.45) is 1.11. The number of nitrogens with one attached hydrogen (secondary N) is 1. The highest BCUT2D eigenvalue weighted by Gasteiger charge is 2.14. The fraction of sp³-hybridized carbons (Fsp3) is 0.667. The number of likely N-dealkylation sites (N-methyl/N-ethyl adjacent to an activating group) is 3. The summed E-state index contributed by atoms with van der Waals surface area (Å²) in [5.74, 6) is 0. The van der Waals surface area contributed by atoms with Crippen LogP contribution in [-0.2, 0) is 13.0 Å². The van der Waals surface area contributed by atoms with Crippen LogP contribution in [0, 0.1) is 0 Å². The average molecular weight is 291 g/mol. The first-order valence-electron chi connectivity index (χ1n) is 8.24. The third-order valence-corrected chi connectivity index (χ3v) is 3.97. The fourth-order valence-corrected chi connectivity index (χ4v) is 2.80. The molecule has 0 bridgehead atoms. The number of hydrogen-bond acceptors (Lipinski definition) is 3. The lowest BCUT2D eigenvalue weighted by atomic mass is 10.0. The minimum absolute atomic E-state index is 0.576. The van der Waals surface area contributed by atoms with Gasteiger partial charge in [-0.25, -0.2) is 0 Å². The number of rotatable bonds is 10. The predicted octanol–water partition coefficient (Wildman–Crippen LogP) is 2.61. The molecule has 0 fully saturated rings. The Bertz CT molecular complexity index is 390. The van der Waals surface area contributed by atoms with Gasteiger partial charge in [0, 0.05) is 19.1 Å². The van der Waals surface area contributed by atoms with E-state index in [-0.39, 0.29) is 0 Å². The molecule has 0 radical (unpaired) electrons. The Hall–Kier alpha value is -0.900. The smallest absolute Gasteiger partial charge is 0.0239 e. The zero-order chi connectivity index (χ0) is 15.7. The summed E-state index contributed by atoms with van der Waals surface area (Å²) in [4.78, 5) is 4.83. The Morgan fingerprint density at radius 2 is 1.76 bits per heavy atom. The summed E-state index contributed by atoms with van der Waals surface area (Å²) >= 11 is 0. The van der Waals surface area contributed by atoms with Gasteiger partial charge in [0.15, 0.2) is 0 Å². The van der Waals surface area contributed by atoms with E-state index in [9.17, 15) is 0 Å². The van der Waals surface area contributed by atoms with Gasteiger partial charge < -0.3 is 10.2 Å². The van der Waals surface area contributed by atoms with Gasteiger partial charge in [0.2, 0.25) is 0 Å². The van der Waals surface area contributed by atoms with Crippen molar-refractivity contribution in [3.8, 4) is 0 Å². The zero-order valence-electron chi connectivity index (χ0n) is 14.5. The SMILES string of the molecule is CCNCCc1ccccc1CN(CC)C(C)CN(C)C. The molecule has 0 amide bonds. The van der Waals surface area contributed by atoms with Crippen molar-refractivity contribution in [2.45, 2.75) is 39.8 Å². The zero-order valence-corrected chi connectivity index (χ0v) is 14.5. The van der Waals surface area contributed by atoms with Crippen LogP contribution < -0.4 is 5.32 Å². The molecule has 0 spiro atoms. The molecule has 21 heavy (non-hydrogen) atoms. The van der Waals surface area contributed by atoms with Crippen molar-refractivity contribution in [2.24, 2.45) is 0 Å². The summed E-state index contributed by atoms with van der Waals surface area (Å²) in [6.45, 7) is 12.1. The topological polar surface area (TPSA) is 18.5 Å². The minimum Gasteiger partial charge on any atom is -0.317 e. The van der Waals surface area contributed by atoms with E-state index in [0.29, 0.717) is 6.04 Å². The predicted molar refractivity (Wildman–Crippen MR) is 92.8 cm³/mol. The molecule has 1 N–H and O–H groups in total. The fourth-order valence-electron chi connectivity index (χ4n) is 2.80. The van der Waals surface area contributed by atoms with E-state index in [4.69, 9.17) is 0 Å². The van der Waals surface area contributed by atoms with Crippen LogP contribution in [0.25, 0.3) is 0 Å². The molecule has 3 heteroatoms. The quantitative estimate of drug-likeness (QED) is 0.669. The van der Waals surface area contributed by atoms with E-state index in [2.05, 4.69) is 74.2 Å². The molecule has 0 aliphatic carbocycles. The third-order valence-electron chi connectivity index (χ3n) is 3.97. The maximum absolute atomic E-state index is 3.42. The van der Waals surface area contributed by atoms with Crippen LogP contribution in [0.5, 0.6) is 0 Å². The van der Waals surface area contributed by atoms with Gasteiger partial charge in [-0.1, -0.05) is 38.1 Å². The van der Waals surface area contributed by atoms with Gasteiger partial charge in [-0.3, -0.25) is 4.90 Å². The highest BCUT2D eigenvalue weighted by molar-refractivity contribution is 5.27. The van der Waals surface area contributed by atoms with Crippen molar-refractivity contribution in [3.63, 3.8) is 0 Å².